The molecule has 0 fully saturated rings. The van der Waals surface area contributed by atoms with E-state index in [0.717, 1.165) is 11.1 Å². The molecule has 0 aromatic heterocycles. The summed E-state index contributed by atoms with van der Waals surface area (Å²) in [6.07, 6.45) is 0. The highest BCUT2D eigenvalue weighted by Gasteiger charge is 2.13. The number of aryl methyl sites for hydroxylation is 1. The molecular formula is C12H18N2OS. The van der Waals surface area contributed by atoms with Gasteiger partial charge in [0.1, 0.15) is 0 Å². The lowest BCUT2D eigenvalue weighted by Crippen LogP contribution is -2.14. The highest BCUT2D eigenvalue weighted by molar-refractivity contribution is 8.00. The van der Waals surface area contributed by atoms with Crippen molar-refractivity contribution < 1.29 is 5.21 Å². The topological polar surface area (TPSA) is 58.6 Å². The third-order valence-corrected chi connectivity index (χ3v) is 3.11. The fourth-order valence-corrected chi connectivity index (χ4v) is 2.47. The molecule has 0 saturated carbocycles. The maximum Gasteiger partial charge on any atom is 0.170 e. The van der Waals surface area contributed by atoms with Crippen LogP contribution >= 0.6 is 11.8 Å². The Bertz CT molecular complexity index is 408. The van der Waals surface area contributed by atoms with E-state index in [1.165, 1.54) is 4.90 Å². The van der Waals surface area contributed by atoms with E-state index in [4.69, 9.17) is 10.9 Å². The summed E-state index contributed by atoms with van der Waals surface area (Å²) in [6.45, 7) is 8.47. The number of rotatable bonds is 2. The molecule has 0 atom stereocenters. The molecule has 3 N–H and O–H groups in total. The number of thioether (sulfide) groups is 1. The van der Waals surface area contributed by atoms with Crippen LogP contribution in [0.15, 0.2) is 28.3 Å². The van der Waals surface area contributed by atoms with Gasteiger partial charge in [-0.1, -0.05) is 25.9 Å². The van der Waals surface area contributed by atoms with Crippen LogP contribution < -0.4 is 5.73 Å². The van der Waals surface area contributed by atoms with Gasteiger partial charge in [-0.15, -0.1) is 11.8 Å². The molecule has 1 aromatic carbocycles. The Morgan fingerprint density at radius 2 is 2.00 bits per heavy atom. The number of hydrogen-bond donors (Lipinski definition) is 2. The van der Waals surface area contributed by atoms with Crippen LogP contribution in [0.1, 0.15) is 31.9 Å². The van der Waals surface area contributed by atoms with E-state index in [-0.39, 0.29) is 10.6 Å². The molecule has 16 heavy (non-hydrogen) atoms. The Kier molecular flexibility index (Phi) is 3.86. The van der Waals surface area contributed by atoms with Gasteiger partial charge in [0.25, 0.3) is 0 Å². The van der Waals surface area contributed by atoms with Gasteiger partial charge in [-0.3, -0.25) is 0 Å². The van der Waals surface area contributed by atoms with Crippen LogP contribution in [0, 0.1) is 6.92 Å². The normalized spacial score (nSPS) is 12.9. The fourth-order valence-electron chi connectivity index (χ4n) is 1.39. The van der Waals surface area contributed by atoms with Crippen molar-refractivity contribution in [3.63, 3.8) is 0 Å². The molecule has 88 valence electrons. The molecule has 0 spiro atoms. The zero-order valence-corrected chi connectivity index (χ0v) is 10.9. The van der Waals surface area contributed by atoms with Crippen LogP contribution in [0.4, 0.5) is 0 Å². The summed E-state index contributed by atoms with van der Waals surface area (Å²) in [5, 5.41) is 11.6. The summed E-state index contributed by atoms with van der Waals surface area (Å²) in [5.41, 5.74) is 7.36. The first-order valence-electron chi connectivity index (χ1n) is 5.11. The van der Waals surface area contributed by atoms with E-state index in [0.29, 0.717) is 0 Å². The fraction of sp³-hybridized carbons (Fsp3) is 0.417. The lowest BCUT2D eigenvalue weighted by molar-refractivity contribution is 0.318. The zero-order chi connectivity index (χ0) is 12.3. The molecule has 0 heterocycles. The van der Waals surface area contributed by atoms with Crippen molar-refractivity contribution in [1.82, 2.24) is 0 Å². The van der Waals surface area contributed by atoms with Gasteiger partial charge in [-0.05, 0) is 30.7 Å². The molecule has 0 radical (unpaired) electrons. The van der Waals surface area contributed by atoms with Crippen molar-refractivity contribution in [3.05, 3.63) is 29.3 Å². The second-order valence-corrected chi connectivity index (χ2v) is 6.58. The molecule has 0 amide bonds. The molecule has 0 unspecified atom stereocenters. The Morgan fingerprint density at radius 1 is 1.38 bits per heavy atom. The quantitative estimate of drug-likeness (QED) is 0.274. The van der Waals surface area contributed by atoms with Crippen LogP contribution in [-0.4, -0.2) is 15.8 Å². The molecular weight excluding hydrogens is 220 g/mol. The number of nitrogens with zero attached hydrogens (tertiary/aromatic N) is 1. The average molecular weight is 238 g/mol. The number of hydrogen-bond acceptors (Lipinski definition) is 3. The zero-order valence-electron chi connectivity index (χ0n) is 10.1. The van der Waals surface area contributed by atoms with Gasteiger partial charge in [-0.2, -0.15) is 0 Å². The van der Waals surface area contributed by atoms with Crippen molar-refractivity contribution in [2.24, 2.45) is 10.9 Å². The van der Waals surface area contributed by atoms with E-state index in [9.17, 15) is 0 Å². The summed E-state index contributed by atoms with van der Waals surface area (Å²) < 4.78 is 0.185. The predicted octanol–water partition coefficient (Wildman–Crippen LogP) is 2.98. The maximum absolute atomic E-state index is 8.63. The third-order valence-electron chi connectivity index (χ3n) is 2.01. The van der Waals surface area contributed by atoms with Crippen LogP contribution in [0.5, 0.6) is 0 Å². The highest BCUT2D eigenvalue weighted by Crippen LogP contribution is 2.32. The Labute approximate surface area is 101 Å². The molecule has 0 aliphatic rings. The van der Waals surface area contributed by atoms with Gasteiger partial charge in [0.2, 0.25) is 0 Å². The summed E-state index contributed by atoms with van der Waals surface area (Å²) >= 11 is 1.80. The minimum absolute atomic E-state index is 0.157. The molecule has 0 aliphatic carbocycles. The smallest absolute Gasteiger partial charge is 0.170 e. The third kappa shape index (κ3) is 3.45. The van der Waals surface area contributed by atoms with Crippen LogP contribution in [0.2, 0.25) is 0 Å². The Hall–Kier alpha value is -1.16. The van der Waals surface area contributed by atoms with Crippen molar-refractivity contribution >= 4 is 17.6 Å². The monoisotopic (exact) mass is 238 g/mol. The molecule has 1 aromatic rings. The van der Waals surface area contributed by atoms with Crippen LogP contribution in [0.25, 0.3) is 0 Å². The van der Waals surface area contributed by atoms with Crippen molar-refractivity contribution in [2.75, 3.05) is 0 Å². The summed E-state index contributed by atoms with van der Waals surface area (Å²) in [4.78, 5) is 1.19. The summed E-state index contributed by atoms with van der Waals surface area (Å²) in [7, 11) is 0. The molecule has 0 aliphatic heterocycles. The summed E-state index contributed by atoms with van der Waals surface area (Å²) in [6, 6.07) is 5.94. The second-order valence-electron chi connectivity index (χ2n) is 4.68. The van der Waals surface area contributed by atoms with Gasteiger partial charge >= 0.3 is 0 Å². The Balaban J connectivity index is 3.00. The summed E-state index contributed by atoms with van der Waals surface area (Å²) in [5.74, 6) is 0.157. The standard InChI is InChI=1S/C12H18N2OS/c1-8-7-9(16-12(2,3)4)5-6-10(8)11(13)14-15/h5-7,15H,1-4H3,(H2,13,14). The lowest BCUT2D eigenvalue weighted by atomic mass is 10.1. The number of nitrogens with two attached hydrogens (primary N) is 1. The van der Waals surface area contributed by atoms with Crippen LogP contribution in [0.3, 0.4) is 0 Å². The molecule has 0 saturated heterocycles. The van der Waals surface area contributed by atoms with Crippen LogP contribution in [-0.2, 0) is 0 Å². The Morgan fingerprint density at radius 3 is 2.44 bits per heavy atom. The minimum atomic E-state index is 0.157. The molecule has 3 nitrogen and oxygen atoms in total. The van der Waals surface area contributed by atoms with Gasteiger partial charge in [0.15, 0.2) is 5.84 Å². The first-order valence-corrected chi connectivity index (χ1v) is 5.93. The molecule has 0 bridgehead atoms. The maximum atomic E-state index is 8.63. The number of amidine groups is 1. The van der Waals surface area contributed by atoms with Crippen molar-refractivity contribution in [2.45, 2.75) is 37.3 Å². The van der Waals surface area contributed by atoms with E-state index < -0.39 is 0 Å². The molecule has 1 rings (SSSR count). The lowest BCUT2D eigenvalue weighted by Gasteiger charge is -2.18. The largest absolute Gasteiger partial charge is 0.409 e. The van der Waals surface area contributed by atoms with E-state index in [1.54, 1.807) is 11.8 Å². The first kappa shape index (κ1) is 12.9. The van der Waals surface area contributed by atoms with Gasteiger partial charge in [0, 0.05) is 15.2 Å². The minimum Gasteiger partial charge on any atom is -0.409 e. The van der Waals surface area contributed by atoms with Gasteiger partial charge in [-0.25, -0.2) is 0 Å². The van der Waals surface area contributed by atoms with E-state index in [2.05, 4.69) is 32.0 Å². The van der Waals surface area contributed by atoms with E-state index in [1.807, 2.05) is 19.1 Å². The number of oxime groups is 1. The molecule has 4 heteroatoms. The SMILES string of the molecule is Cc1cc(SC(C)(C)C)ccc1/C(N)=N/O. The predicted molar refractivity (Wildman–Crippen MR) is 69.3 cm³/mol. The number of benzene rings is 1. The highest BCUT2D eigenvalue weighted by atomic mass is 32.2. The van der Waals surface area contributed by atoms with Gasteiger partial charge in [0.05, 0.1) is 0 Å². The van der Waals surface area contributed by atoms with Gasteiger partial charge < -0.3 is 10.9 Å². The van der Waals surface area contributed by atoms with Crippen molar-refractivity contribution in [1.29, 1.82) is 0 Å². The van der Waals surface area contributed by atoms with E-state index >= 15 is 0 Å². The average Bonchev–Trinajstić information content (AvgIpc) is 2.14. The second kappa shape index (κ2) is 4.78. The first-order chi connectivity index (χ1) is 7.33. The van der Waals surface area contributed by atoms with Crippen molar-refractivity contribution in [3.8, 4) is 0 Å².